The maximum Gasteiger partial charge on any atom is 0.240 e. The summed E-state index contributed by atoms with van der Waals surface area (Å²) in [6, 6.07) is 0.501. The molecule has 0 spiro atoms. The highest BCUT2D eigenvalue weighted by molar-refractivity contribution is 6.25. The molecule has 5 nitrogen and oxygen atoms in total. The fourth-order valence-corrected chi connectivity index (χ4v) is 8.15. The van der Waals surface area contributed by atoms with Gasteiger partial charge in [0.1, 0.15) is 0 Å². The molecule has 0 atom stereocenters. The van der Waals surface area contributed by atoms with E-state index in [1.54, 1.807) is 18.2 Å². The number of nitrogens with zero attached hydrogens (tertiary/aromatic N) is 5. The zero-order valence-corrected chi connectivity index (χ0v) is 31.6. The number of para-hydroxylation sites is 2. The molecule has 5 heteroatoms. The molecule has 0 N–H and O–H groups in total. The second kappa shape index (κ2) is 13.6. The first-order chi connectivity index (χ1) is 40.7. The van der Waals surface area contributed by atoms with Crippen LogP contribution in [0.25, 0.3) is 121 Å². The lowest BCUT2D eigenvalue weighted by molar-refractivity contribution is 0.893. The van der Waals surface area contributed by atoms with Crippen LogP contribution in [0.1, 0.15) is 32.9 Å². The first kappa shape index (κ1) is 18.5. The molecular formula is C57H35N5. The first-order valence-corrected chi connectivity index (χ1v) is 19.1. The largest absolute Gasteiger partial charge is 0.278 e. The summed E-state index contributed by atoms with van der Waals surface area (Å²) in [6.07, 6.45) is 0. The summed E-state index contributed by atoms with van der Waals surface area (Å²) < 4.78 is 220. The van der Waals surface area contributed by atoms with Crippen molar-refractivity contribution in [3.8, 4) is 45.5 Å². The van der Waals surface area contributed by atoms with Crippen LogP contribution in [0.3, 0.4) is 0 Å². The van der Waals surface area contributed by atoms with Gasteiger partial charge in [0.05, 0.1) is 55.0 Å². The third kappa shape index (κ3) is 5.25. The Morgan fingerprint density at radius 1 is 0.306 bits per heavy atom. The van der Waals surface area contributed by atoms with Gasteiger partial charge in [-0.05, 0) is 84.8 Å². The maximum absolute atomic E-state index is 10.0. The van der Waals surface area contributed by atoms with Crippen molar-refractivity contribution >= 4 is 75.9 Å². The number of fused-ring (bicyclic) bond motifs is 12. The number of rotatable bonds is 5. The second-order valence-electron chi connectivity index (χ2n) is 14.2. The Balaban J connectivity index is 1.27. The van der Waals surface area contributed by atoms with Gasteiger partial charge in [0.25, 0.3) is 0 Å². The van der Waals surface area contributed by atoms with Crippen LogP contribution in [-0.2, 0) is 0 Å². The van der Waals surface area contributed by atoms with Crippen molar-refractivity contribution < 1.29 is 32.9 Å². The molecule has 0 unspecified atom stereocenters. The van der Waals surface area contributed by atoms with Crippen molar-refractivity contribution in [1.29, 1.82) is 0 Å². The summed E-state index contributed by atoms with van der Waals surface area (Å²) in [5.41, 5.74) is -4.65. The van der Waals surface area contributed by atoms with Gasteiger partial charge in [-0.15, -0.1) is 0 Å². The molecule has 62 heavy (non-hydrogen) atoms. The van der Waals surface area contributed by atoms with Gasteiger partial charge in [-0.1, -0.05) is 182 Å². The van der Waals surface area contributed by atoms with Gasteiger partial charge in [-0.3, -0.25) is 9.13 Å². The molecule has 0 fully saturated rings. The lowest BCUT2D eigenvalue weighted by atomic mass is 9.93. The first-order valence-electron chi connectivity index (χ1n) is 31.1. The van der Waals surface area contributed by atoms with E-state index in [1.165, 1.54) is 0 Å². The average molecular weight is 814 g/mol. The SMILES string of the molecule is [2H]c1c([2H])c([2H])c(-c2c([2H])c([2H])c3c4c([2H])c([2H])c([2H])c([2H])c4n(-c4nc(-c5ccc6c7ccccc7c7ccccc7c6c5)nc(-n5c6c([2H])c([2H])c([2H])c([2H])c6c6c([2H])c([2H])c(-c7c([2H])c([2H])c([2H])c([2H])c7[2H])c([2H])c65)n4)c3c2[2H])c([2H])c1[2H]. The standard InChI is InChI=1S/C57H35N5/c1-3-15-36(16-4-1)38-27-31-48-46-23-11-13-25-51(46)61(53(48)34-38)56-58-55(40-29-30-45-43-21-8-7-19-41(43)42-20-9-10-22-44(42)50(45)33-40)59-57(60-56)62-52-26-14-12-24-47(52)49-32-28-39(35-54(49)62)37-17-5-2-6-18-37/h1-35H/i1D,2D,3D,4D,5D,6D,11D,12D,13D,14D,15D,16D,17D,18D,23D,24D,25D,26D,27D,28D,31D,32D,34D,35D. The van der Waals surface area contributed by atoms with Gasteiger partial charge in [-0.25, -0.2) is 0 Å². The van der Waals surface area contributed by atoms with Crippen LogP contribution in [-0.4, -0.2) is 24.1 Å². The van der Waals surface area contributed by atoms with E-state index in [0.717, 1.165) is 36.1 Å². The van der Waals surface area contributed by atoms with Gasteiger partial charge in [0.2, 0.25) is 11.9 Å². The van der Waals surface area contributed by atoms with Gasteiger partial charge in [0, 0.05) is 27.1 Å². The molecule has 0 saturated heterocycles. The molecule has 0 aliphatic carbocycles. The molecule has 0 radical (unpaired) electrons. The number of aromatic nitrogens is 5. The Morgan fingerprint density at radius 3 is 1.23 bits per heavy atom. The summed E-state index contributed by atoms with van der Waals surface area (Å²) in [5, 5.41) is 3.05. The van der Waals surface area contributed by atoms with Crippen LogP contribution < -0.4 is 0 Å². The minimum atomic E-state index is -0.863. The van der Waals surface area contributed by atoms with Crippen molar-refractivity contribution in [3.63, 3.8) is 0 Å². The Hall–Kier alpha value is -8.41. The van der Waals surface area contributed by atoms with E-state index in [4.69, 9.17) is 34.1 Å². The van der Waals surface area contributed by atoms with Gasteiger partial charge in [0.15, 0.2) is 5.82 Å². The van der Waals surface area contributed by atoms with E-state index in [0.29, 0.717) is 5.39 Å². The monoisotopic (exact) mass is 813 g/mol. The van der Waals surface area contributed by atoms with Crippen LogP contribution in [0.4, 0.5) is 0 Å². The van der Waals surface area contributed by atoms with E-state index in [1.807, 2.05) is 48.5 Å². The normalized spacial score (nSPS) is 17.3. The fourth-order valence-electron chi connectivity index (χ4n) is 8.15. The van der Waals surface area contributed by atoms with Crippen LogP contribution in [0, 0.1) is 0 Å². The minimum Gasteiger partial charge on any atom is -0.278 e. The lowest BCUT2D eigenvalue weighted by Gasteiger charge is -2.14. The highest BCUT2D eigenvalue weighted by Gasteiger charge is 2.22. The molecule has 0 bridgehead atoms. The lowest BCUT2D eigenvalue weighted by Crippen LogP contribution is -2.10. The van der Waals surface area contributed by atoms with Crippen LogP contribution in [0.15, 0.2) is 212 Å². The number of hydrogen-bond acceptors (Lipinski definition) is 3. The predicted octanol–water partition coefficient (Wildman–Crippen LogP) is 14.5. The van der Waals surface area contributed by atoms with E-state index >= 15 is 0 Å². The molecule has 0 amide bonds. The number of benzene rings is 10. The molecule has 0 saturated carbocycles. The molecule has 10 aromatic carbocycles. The van der Waals surface area contributed by atoms with Gasteiger partial charge < -0.3 is 0 Å². The van der Waals surface area contributed by atoms with Gasteiger partial charge >= 0.3 is 0 Å². The third-order valence-corrected chi connectivity index (χ3v) is 10.8. The molecule has 3 heterocycles. The zero-order valence-electron chi connectivity index (χ0n) is 55.6. The van der Waals surface area contributed by atoms with E-state index in [-0.39, 0.29) is 11.4 Å². The van der Waals surface area contributed by atoms with Crippen molar-refractivity contribution in [2.24, 2.45) is 0 Å². The molecule has 288 valence electrons. The van der Waals surface area contributed by atoms with Crippen molar-refractivity contribution in [1.82, 2.24) is 24.1 Å². The summed E-state index contributed by atoms with van der Waals surface area (Å²) >= 11 is 0. The summed E-state index contributed by atoms with van der Waals surface area (Å²) in [5.74, 6) is -1.66. The van der Waals surface area contributed by atoms with Crippen molar-refractivity contribution in [2.75, 3.05) is 0 Å². The topological polar surface area (TPSA) is 48.5 Å². The third-order valence-electron chi connectivity index (χ3n) is 10.8. The van der Waals surface area contributed by atoms with Crippen molar-refractivity contribution in [2.45, 2.75) is 0 Å². The Kier molecular flexibility index (Phi) is 4.04. The Labute approximate surface area is 390 Å². The second-order valence-corrected chi connectivity index (χ2v) is 14.2. The van der Waals surface area contributed by atoms with Crippen LogP contribution in [0.5, 0.6) is 0 Å². The summed E-state index contributed by atoms with van der Waals surface area (Å²) in [4.78, 5) is 14.8. The minimum absolute atomic E-state index is 0.189. The van der Waals surface area contributed by atoms with Crippen molar-refractivity contribution in [3.05, 3.63) is 212 Å². The highest BCUT2D eigenvalue weighted by Crippen LogP contribution is 2.40. The smallest absolute Gasteiger partial charge is 0.240 e. The Morgan fingerprint density at radius 2 is 0.726 bits per heavy atom. The quantitative estimate of drug-likeness (QED) is 0.163. The Bertz CT molecular complexity index is 5030. The van der Waals surface area contributed by atoms with E-state index in [9.17, 15) is 13.7 Å². The fraction of sp³-hybridized carbons (Fsp3) is 0. The van der Waals surface area contributed by atoms with Gasteiger partial charge in [-0.2, -0.15) is 15.0 Å². The zero-order chi connectivity index (χ0) is 61.6. The molecule has 0 aliphatic rings. The molecule has 3 aromatic heterocycles. The predicted molar refractivity (Wildman–Crippen MR) is 257 cm³/mol. The molecule has 0 aliphatic heterocycles. The summed E-state index contributed by atoms with van der Waals surface area (Å²) in [7, 11) is 0. The van der Waals surface area contributed by atoms with Crippen LogP contribution in [0.2, 0.25) is 0 Å². The maximum atomic E-state index is 10.0. The van der Waals surface area contributed by atoms with E-state index < -0.39 is 223 Å². The summed E-state index contributed by atoms with van der Waals surface area (Å²) in [6.45, 7) is 0. The van der Waals surface area contributed by atoms with Crippen LogP contribution >= 0.6 is 0 Å². The highest BCUT2D eigenvalue weighted by atomic mass is 15.3. The van der Waals surface area contributed by atoms with E-state index in [2.05, 4.69) is 0 Å². The molecular weight excluding hydrogens is 755 g/mol. The molecule has 13 rings (SSSR count). The number of hydrogen-bond donors (Lipinski definition) is 0. The average Bonchev–Trinajstić information content (AvgIpc) is 1.63. The molecule has 13 aromatic rings.